The number of amides is 1. The summed E-state index contributed by atoms with van der Waals surface area (Å²) in [6.07, 6.45) is 0.185. The minimum Gasteiger partial charge on any atom is -0.497 e. The maximum absolute atomic E-state index is 11.9. The van der Waals surface area contributed by atoms with Gasteiger partial charge < -0.3 is 14.8 Å². The summed E-state index contributed by atoms with van der Waals surface area (Å²) in [6.45, 7) is 1.66. The van der Waals surface area contributed by atoms with Crippen molar-refractivity contribution >= 4 is 17.6 Å². The van der Waals surface area contributed by atoms with E-state index in [1.807, 2.05) is 24.3 Å². The van der Waals surface area contributed by atoms with Crippen molar-refractivity contribution in [2.75, 3.05) is 12.4 Å². The molecule has 0 fully saturated rings. The zero-order chi connectivity index (χ0) is 16.7. The number of esters is 1. The van der Waals surface area contributed by atoms with Gasteiger partial charge in [-0.2, -0.15) is 0 Å². The van der Waals surface area contributed by atoms with Crippen LogP contribution in [0, 0.1) is 0 Å². The first-order valence-electron chi connectivity index (χ1n) is 7.22. The second kappa shape index (κ2) is 7.98. The molecule has 0 saturated heterocycles. The molecule has 23 heavy (non-hydrogen) atoms. The molecule has 1 N–H and O–H groups in total. The third-order valence-corrected chi connectivity index (χ3v) is 3.16. The van der Waals surface area contributed by atoms with Crippen LogP contribution in [0.1, 0.15) is 18.1 Å². The maximum Gasteiger partial charge on any atom is 0.310 e. The molecule has 2 aromatic rings. The third-order valence-electron chi connectivity index (χ3n) is 3.16. The first-order chi connectivity index (χ1) is 11.1. The molecule has 0 radical (unpaired) electrons. The van der Waals surface area contributed by atoms with Crippen LogP contribution >= 0.6 is 0 Å². The number of rotatable bonds is 6. The first-order valence-corrected chi connectivity index (χ1v) is 7.22. The topological polar surface area (TPSA) is 64.6 Å². The molecule has 0 saturated carbocycles. The molecule has 0 aliphatic carbocycles. The summed E-state index contributed by atoms with van der Waals surface area (Å²) in [5.74, 6) is 0.294. The van der Waals surface area contributed by atoms with E-state index in [1.54, 1.807) is 31.4 Å². The van der Waals surface area contributed by atoms with Gasteiger partial charge in [-0.1, -0.05) is 24.3 Å². The maximum atomic E-state index is 11.9. The fourth-order valence-corrected chi connectivity index (χ4v) is 2.05. The van der Waals surface area contributed by atoms with Gasteiger partial charge in [0, 0.05) is 12.6 Å². The van der Waals surface area contributed by atoms with Gasteiger partial charge in [0.25, 0.3) is 0 Å². The van der Waals surface area contributed by atoms with E-state index in [2.05, 4.69) is 5.32 Å². The first kappa shape index (κ1) is 16.5. The van der Waals surface area contributed by atoms with Crippen LogP contribution in [0.25, 0.3) is 0 Å². The molecule has 5 heteroatoms. The highest BCUT2D eigenvalue weighted by Gasteiger charge is 2.06. The van der Waals surface area contributed by atoms with E-state index in [0.717, 1.165) is 16.9 Å². The Morgan fingerprint density at radius 1 is 1.04 bits per heavy atom. The molecular weight excluding hydrogens is 294 g/mol. The minimum atomic E-state index is -0.305. The standard InChI is InChI=1S/C18H19NO4/c1-13(20)19-16-8-6-14(7-9-16)11-18(21)23-12-15-4-3-5-17(10-15)22-2/h3-10H,11-12H2,1-2H3,(H,19,20). The molecule has 1 amide bonds. The van der Waals surface area contributed by atoms with Crippen molar-refractivity contribution in [1.29, 1.82) is 0 Å². The van der Waals surface area contributed by atoms with Gasteiger partial charge in [0.2, 0.25) is 5.91 Å². The average Bonchev–Trinajstić information content (AvgIpc) is 2.54. The number of anilines is 1. The van der Waals surface area contributed by atoms with E-state index in [-0.39, 0.29) is 24.9 Å². The molecular formula is C18H19NO4. The molecule has 0 unspecified atom stereocenters. The summed E-state index contributed by atoms with van der Waals surface area (Å²) in [6, 6.07) is 14.5. The summed E-state index contributed by atoms with van der Waals surface area (Å²) in [5, 5.41) is 2.68. The second-order valence-corrected chi connectivity index (χ2v) is 5.07. The molecule has 0 atom stereocenters. The van der Waals surface area contributed by atoms with Crippen molar-refractivity contribution in [3.05, 3.63) is 59.7 Å². The van der Waals surface area contributed by atoms with Gasteiger partial charge in [0.15, 0.2) is 0 Å². The summed E-state index contributed by atoms with van der Waals surface area (Å²) in [4.78, 5) is 22.8. The van der Waals surface area contributed by atoms with Crippen LogP contribution in [0.5, 0.6) is 5.75 Å². The number of hydrogen-bond donors (Lipinski definition) is 1. The lowest BCUT2D eigenvalue weighted by molar-refractivity contribution is -0.144. The Bertz CT molecular complexity index is 680. The summed E-state index contributed by atoms with van der Waals surface area (Å²) in [5.41, 5.74) is 2.40. The predicted octanol–water partition coefficient (Wildman–Crippen LogP) is 2.94. The molecule has 2 aromatic carbocycles. The van der Waals surface area contributed by atoms with Gasteiger partial charge in [-0.3, -0.25) is 9.59 Å². The van der Waals surface area contributed by atoms with E-state index in [4.69, 9.17) is 9.47 Å². The summed E-state index contributed by atoms with van der Waals surface area (Å²) >= 11 is 0. The molecule has 0 aliphatic rings. The molecule has 0 aromatic heterocycles. The number of carbonyl (C=O) groups is 2. The zero-order valence-corrected chi connectivity index (χ0v) is 13.2. The molecule has 120 valence electrons. The van der Waals surface area contributed by atoms with Crippen LogP contribution in [-0.4, -0.2) is 19.0 Å². The number of ether oxygens (including phenoxy) is 2. The summed E-state index contributed by atoms with van der Waals surface area (Å²) in [7, 11) is 1.59. The van der Waals surface area contributed by atoms with Crippen molar-refractivity contribution in [3.63, 3.8) is 0 Å². The van der Waals surface area contributed by atoms with Crippen molar-refractivity contribution in [2.45, 2.75) is 20.0 Å². The lowest BCUT2D eigenvalue weighted by Crippen LogP contribution is -2.09. The van der Waals surface area contributed by atoms with Gasteiger partial charge >= 0.3 is 5.97 Å². The Morgan fingerprint density at radius 3 is 2.43 bits per heavy atom. The Morgan fingerprint density at radius 2 is 1.78 bits per heavy atom. The fourth-order valence-electron chi connectivity index (χ4n) is 2.05. The van der Waals surface area contributed by atoms with E-state index < -0.39 is 0 Å². The quantitative estimate of drug-likeness (QED) is 0.833. The van der Waals surface area contributed by atoms with Crippen LogP contribution < -0.4 is 10.1 Å². The van der Waals surface area contributed by atoms with Crippen LogP contribution in [-0.2, 0) is 27.4 Å². The Kier molecular flexibility index (Phi) is 5.74. The Balaban J connectivity index is 1.85. The summed E-state index contributed by atoms with van der Waals surface area (Å²) < 4.78 is 10.4. The van der Waals surface area contributed by atoms with Crippen molar-refractivity contribution in [1.82, 2.24) is 0 Å². The Hall–Kier alpha value is -2.82. The molecule has 0 spiro atoms. The van der Waals surface area contributed by atoms with Gasteiger partial charge in [-0.25, -0.2) is 0 Å². The SMILES string of the molecule is COc1cccc(COC(=O)Cc2ccc(NC(C)=O)cc2)c1. The van der Waals surface area contributed by atoms with Gasteiger partial charge in [0.05, 0.1) is 13.5 Å². The van der Waals surface area contributed by atoms with Gasteiger partial charge in [0.1, 0.15) is 12.4 Å². The molecule has 2 rings (SSSR count). The van der Waals surface area contributed by atoms with Crippen LogP contribution in [0.2, 0.25) is 0 Å². The smallest absolute Gasteiger partial charge is 0.310 e. The van der Waals surface area contributed by atoms with Crippen LogP contribution in [0.15, 0.2) is 48.5 Å². The fraction of sp³-hybridized carbons (Fsp3) is 0.222. The van der Waals surface area contributed by atoms with E-state index in [9.17, 15) is 9.59 Å². The van der Waals surface area contributed by atoms with E-state index in [1.165, 1.54) is 6.92 Å². The highest BCUT2D eigenvalue weighted by Crippen LogP contribution is 2.14. The normalized spacial score (nSPS) is 10.0. The van der Waals surface area contributed by atoms with Crippen LogP contribution in [0.3, 0.4) is 0 Å². The van der Waals surface area contributed by atoms with Gasteiger partial charge in [-0.05, 0) is 35.4 Å². The highest BCUT2D eigenvalue weighted by molar-refractivity contribution is 5.88. The lowest BCUT2D eigenvalue weighted by atomic mass is 10.1. The molecule has 0 heterocycles. The number of carbonyl (C=O) groups excluding carboxylic acids is 2. The van der Waals surface area contributed by atoms with Crippen molar-refractivity contribution < 1.29 is 19.1 Å². The minimum absolute atomic E-state index is 0.129. The van der Waals surface area contributed by atoms with Crippen LogP contribution in [0.4, 0.5) is 5.69 Å². The van der Waals surface area contributed by atoms with Crippen molar-refractivity contribution in [3.8, 4) is 5.75 Å². The zero-order valence-electron chi connectivity index (χ0n) is 13.2. The molecule has 0 aliphatic heterocycles. The Labute approximate surface area is 135 Å². The highest BCUT2D eigenvalue weighted by atomic mass is 16.5. The predicted molar refractivity (Wildman–Crippen MR) is 87.2 cm³/mol. The molecule has 0 bridgehead atoms. The lowest BCUT2D eigenvalue weighted by Gasteiger charge is -2.07. The number of hydrogen-bond acceptors (Lipinski definition) is 4. The van der Waals surface area contributed by atoms with E-state index in [0.29, 0.717) is 5.69 Å². The second-order valence-electron chi connectivity index (χ2n) is 5.07. The largest absolute Gasteiger partial charge is 0.497 e. The third kappa shape index (κ3) is 5.47. The number of methoxy groups -OCH3 is 1. The van der Waals surface area contributed by atoms with Gasteiger partial charge in [-0.15, -0.1) is 0 Å². The van der Waals surface area contributed by atoms with Crippen molar-refractivity contribution in [2.24, 2.45) is 0 Å². The monoisotopic (exact) mass is 313 g/mol. The average molecular weight is 313 g/mol. The number of nitrogens with one attached hydrogen (secondary N) is 1. The molecule has 5 nitrogen and oxygen atoms in total. The number of benzene rings is 2. The van der Waals surface area contributed by atoms with E-state index >= 15 is 0 Å².